The van der Waals surface area contributed by atoms with Crippen LogP contribution in [0.3, 0.4) is 0 Å². The van der Waals surface area contributed by atoms with Crippen molar-refractivity contribution in [3.63, 3.8) is 0 Å². The molecule has 0 saturated carbocycles. The van der Waals surface area contributed by atoms with Crippen molar-refractivity contribution >= 4 is 0 Å². The van der Waals surface area contributed by atoms with E-state index < -0.39 is 6.10 Å². The highest BCUT2D eigenvalue weighted by Crippen LogP contribution is 2.31. The highest BCUT2D eigenvalue weighted by molar-refractivity contribution is 4.94. The Balaban J connectivity index is 0.000000131. The van der Waals surface area contributed by atoms with Gasteiger partial charge in [-0.25, -0.2) is 0 Å². The minimum atomic E-state index is -0.472. The van der Waals surface area contributed by atoms with Crippen molar-refractivity contribution in [1.29, 1.82) is 0 Å². The van der Waals surface area contributed by atoms with Crippen LogP contribution in [0.15, 0.2) is 0 Å². The maximum atomic E-state index is 9.31. The Bertz CT molecular complexity index is 332. The lowest BCUT2D eigenvalue weighted by molar-refractivity contribution is -0.0168. The number of aliphatic hydroxyl groups excluding tert-OH is 1. The van der Waals surface area contributed by atoms with Gasteiger partial charge >= 0.3 is 0 Å². The van der Waals surface area contributed by atoms with E-state index in [2.05, 4.69) is 6.92 Å². The Hall–Kier alpha value is -0.280. The second-order valence-corrected chi connectivity index (χ2v) is 6.28. The second kappa shape index (κ2) is 7.09. The fourth-order valence-corrected chi connectivity index (χ4v) is 3.50. The van der Waals surface area contributed by atoms with Crippen LogP contribution in [-0.2, 0) is 28.4 Å². The van der Waals surface area contributed by atoms with Crippen LogP contribution in [-0.4, -0.2) is 88.5 Å². The van der Waals surface area contributed by atoms with Gasteiger partial charge in [-0.15, -0.1) is 0 Å². The van der Waals surface area contributed by atoms with Gasteiger partial charge < -0.3 is 33.5 Å². The van der Waals surface area contributed by atoms with Crippen LogP contribution in [0.2, 0.25) is 0 Å². The van der Waals surface area contributed by atoms with E-state index in [0.717, 1.165) is 6.61 Å². The maximum absolute atomic E-state index is 9.31. The minimum Gasteiger partial charge on any atom is -0.388 e. The number of fused-ring (bicyclic) bond motifs is 2. The van der Waals surface area contributed by atoms with Crippen molar-refractivity contribution < 1.29 is 33.5 Å². The predicted molar refractivity (Wildman–Crippen MR) is 75.7 cm³/mol. The van der Waals surface area contributed by atoms with Gasteiger partial charge in [0.2, 0.25) is 0 Å². The average molecular weight is 318 g/mol. The van der Waals surface area contributed by atoms with Crippen molar-refractivity contribution in [1.82, 2.24) is 0 Å². The lowest BCUT2D eigenvalue weighted by atomic mass is 10.0. The second-order valence-electron chi connectivity index (χ2n) is 6.28. The van der Waals surface area contributed by atoms with Gasteiger partial charge in [-0.2, -0.15) is 0 Å². The first-order chi connectivity index (χ1) is 10.7. The van der Waals surface area contributed by atoms with E-state index in [1.165, 1.54) is 0 Å². The Morgan fingerprint density at radius 1 is 0.727 bits per heavy atom. The molecular formula is C15H26O7. The lowest BCUT2D eigenvalue weighted by Gasteiger charge is -2.13. The molecule has 0 radical (unpaired) electrons. The molecule has 4 aliphatic heterocycles. The van der Waals surface area contributed by atoms with E-state index in [0.29, 0.717) is 25.7 Å². The molecule has 0 aromatic rings. The third kappa shape index (κ3) is 3.03. The van der Waals surface area contributed by atoms with Crippen LogP contribution < -0.4 is 0 Å². The number of hydrogen-bond donors (Lipinski definition) is 1. The molecule has 0 bridgehead atoms. The molecule has 128 valence electrons. The first-order valence-corrected chi connectivity index (χ1v) is 7.85. The Kier molecular flexibility index (Phi) is 5.34. The quantitative estimate of drug-likeness (QED) is 0.742. The molecular weight excluding hydrogens is 292 g/mol. The van der Waals surface area contributed by atoms with E-state index in [-0.39, 0.29) is 36.6 Å². The minimum absolute atomic E-state index is 0.00264. The number of hydrogen-bond acceptors (Lipinski definition) is 7. The fourth-order valence-electron chi connectivity index (χ4n) is 3.50. The lowest BCUT2D eigenvalue weighted by Crippen LogP contribution is -2.32. The zero-order chi connectivity index (χ0) is 15.7. The molecule has 4 heterocycles. The number of aliphatic hydroxyl groups is 1. The third-order valence-electron chi connectivity index (χ3n) is 4.84. The van der Waals surface area contributed by atoms with Crippen LogP contribution in [0.25, 0.3) is 0 Å². The molecule has 4 fully saturated rings. The summed E-state index contributed by atoms with van der Waals surface area (Å²) >= 11 is 0. The molecule has 0 aromatic carbocycles. The van der Waals surface area contributed by atoms with Crippen LogP contribution in [0.4, 0.5) is 0 Å². The summed E-state index contributed by atoms with van der Waals surface area (Å²) in [5, 5.41) is 9.31. The van der Waals surface area contributed by atoms with Gasteiger partial charge in [-0.1, -0.05) is 6.92 Å². The van der Waals surface area contributed by atoms with E-state index in [1.807, 2.05) is 0 Å². The van der Waals surface area contributed by atoms with Gasteiger partial charge in [-0.05, 0) is 0 Å². The zero-order valence-electron chi connectivity index (χ0n) is 13.3. The molecule has 22 heavy (non-hydrogen) atoms. The monoisotopic (exact) mass is 318 g/mol. The van der Waals surface area contributed by atoms with E-state index in [1.54, 1.807) is 14.2 Å². The van der Waals surface area contributed by atoms with E-state index in [4.69, 9.17) is 28.4 Å². The molecule has 4 aliphatic rings. The summed E-state index contributed by atoms with van der Waals surface area (Å²) in [6.45, 7) is 4.56. The van der Waals surface area contributed by atoms with Crippen LogP contribution in [0, 0.1) is 5.92 Å². The van der Waals surface area contributed by atoms with Crippen LogP contribution >= 0.6 is 0 Å². The highest BCUT2D eigenvalue weighted by atomic mass is 16.6. The summed E-state index contributed by atoms with van der Waals surface area (Å²) in [7, 11) is 3.34. The summed E-state index contributed by atoms with van der Waals surface area (Å²) in [5.74, 6) is 0.528. The summed E-state index contributed by atoms with van der Waals surface area (Å²) in [6.07, 6.45) is -0.0767. The molecule has 4 rings (SSSR count). The van der Waals surface area contributed by atoms with Crippen molar-refractivity contribution in [2.45, 2.75) is 49.7 Å². The molecule has 4 saturated heterocycles. The summed E-state index contributed by atoms with van der Waals surface area (Å²) < 4.78 is 32.0. The molecule has 7 heteroatoms. The van der Waals surface area contributed by atoms with Crippen molar-refractivity contribution in [2.24, 2.45) is 5.92 Å². The first-order valence-electron chi connectivity index (χ1n) is 7.85. The third-order valence-corrected chi connectivity index (χ3v) is 4.84. The number of rotatable bonds is 2. The maximum Gasteiger partial charge on any atom is 0.115 e. The fraction of sp³-hybridized carbons (Fsp3) is 1.00. The van der Waals surface area contributed by atoms with E-state index >= 15 is 0 Å². The van der Waals surface area contributed by atoms with Gasteiger partial charge in [0.05, 0.1) is 32.5 Å². The van der Waals surface area contributed by atoms with Crippen molar-refractivity contribution in [3.05, 3.63) is 0 Å². The molecule has 0 unspecified atom stereocenters. The SMILES string of the molecule is CO[C@@H]1CO[C@H]2[C@@H]1OC[C@H]2C.CO[C@H]1CO[C@H]2[C@@H]1OC[C@@H]2O. The smallest absolute Gasteiger partial charge is 0.115 e. The molecule has 7 nitrogen and oxygen atoms in total. The standard InChI is InChI=1S/C8H14O3.C7H12O4/c1-5-3-10-8-6(9-2)4-11-7(5)8;1-9-5-3-11-6-4(8)2-10-7(5)6/h5-8H,3-4H2,1-2H3;4-8H,2-3H2,1H3/t5-,6-,7-,8-;4-,5-,6+,7+/m10/s1. The van der Waals surface area contributed by atoms with Gasteiger partial charge in [-0.3, -0.25) is 0 Å². The van der Waals surface area contributed by atoms with Crippen LogP contribution in [0.5, 0.6) is 0 Å². The van der Waals surface area contributed by atoms with Gasteiger partial charge in [0, 0.05) is 20.1 Å². The van der Waals surface area contributed by atoms with Crippen molar-refractivity contribution in [3.8, 4) is 0 Å². The molecule has 0 spiro atoms. The van der Waals surface area contributed by atoms with Gasteiger partial charge in [0.25, 0.3) is 0 Å². The molecule has 8 atom stereocenters. The molecule has 0 amide bonds. The highest BCUT2D eigenvalue weighted by Gasteiger charge is 2.47. The summed E-state index contributed by atoms with van der Waals surface area (Å²) in [4.78, 5) is 0. The van der Waals surface area contributed by atoms with Gasteiger partial charge in [0.1, 0.15) is 36.6 Å². The average Bonchev–Trinajstić information content (AvgIpc) is 3.25. The molecule has 1 N–H and O–H groups in total. The predicted octanol–water partition coefficient (Wildman–Crippen LogP) is -0.405. The Morgan fingerprint density at radius 2 is 1.23 bits per heavy atom. The van der Waals surface area contributed by atoms with Crippen molar-refractivity contribution in [2.75, 3.05) is 40.6 Å². The van der Waals surface area contributed by atoms with Crippen LogP contribution in [0.1, 0.15) is 6.92 Å². The topological polar surface area (TPSA) is 75.6 Å². The Labute approximate surface area is 130 Å². The van der Waals surface area contributed by atoms with E-state index in [9.17, 15) is 5.11 Å². The first kappa shape index (κ1) is 16.6. The molecule has 0 aliphatic carbocycles. The number of methoxy groups -OCH3 is 2. The summed E-state index contributed by atoms with van der Waals surface area (Å²) in [6, 6.07) is 0. The molecule has 0 aromatic heterocycles. The summed E-state index contributed by atoms with van der Waals surface area (Å²) in [5.41, 5.74) is 0. The Morgan fingerprint density at radius 3 is 1.86 bits per heavy atom. The number of ether oxygens (including phenoxy) is 6. The largest absolute Gasteiger partial charge is 0.388 e. The zero-order valence-corrected chi connectivity index (χ0v) is 13.3. The van der Waals surface area contributed by atoms with Gasteiger partial charge in [0.15, 0.2) is 0 Å². The normalized spacial score (nSPS) is 49.6.